The first-order valence-electron chi connectivity index (χ1n) is 6.50. The number of carbonyl (C=O) groups is 2. The quantitative estimate of drug-likeness (QED) is 0.666. The average molecular weight is 289 g/mol. The number of amides is 2. The van der Waals surface area contributed by atoms with Crippen molar-refractivity contribution in [1.29, 1.82) is 0 Å². The maximum absolute atomic E-state index is 11.8. The summed E-state index contributed by atoms with van der Waals surface area (Å²) in [6.07, 6.45) is 4.17. The van der Waals surface area contributed by atoms with Gasteiger partial charge in [-0.05, 0) is 51.4 Å². The molecular weight excluding hydrogens is 266 g/mol. The lowest BCUT2D eigenvalue weighted by Crippen LogP contribution is -2.51. The van der Waals surface area contributed by atoms with Crippen LogP contribution in [-0.4, -0.2) is 66.2 Å². The normalized spacial score (nSPS) is 18.8. The van der Waals surface area contributed by atoms with Crippen LogP contribution in [0.4, 0.5) is 4.79 Å². The van der Waals surface area contributed by atoms with Crippen LogP contribution in [0.5, 0.6) is 0 Å². The molecule has 0 radical (unpaired) electrons. The second-order valence-corrected chi connectivity index (χ2v) is 5.85. The highest BCUT2D eigenvalue weighted by Gasteiger charge is 2.22. The number of thioether (sulfide) groups is 1. The smallest absolute Gasteiger partial charge is 0.326 e. The second-order valence-electron chi connectivity index (χ2n) is 4.87. The monoisotopic (exact) mass is 289 g/mol. The molecule has 6 nitrogen and oxygen atoms in total. The Bertz CT molecular complexity index is 307. The Morgan fingerprint density at radius 3 is 2.58 bits per heavy atom. The van der Waals surface area contributed by atoms with E-state index in [0.717, 1.165) is 25.9 Å². The number of urea groups is 1. The highest BCUT2D eigenvalue weighted by atomic mass is 32.2. The third-order valence-corrected chi connectivity index (χ3v) is 3.91. The number of aliphatic carboxylic acids is 1. The summed E-state index contributed by atoms with van der Waals surface area (Å²) in [4.78, 5) is 25.0. The molecule has 0 saturated carbocycles. The van der Waals surface area contributed by atoms with Gasteiger partial charge in [-0.3, -0.25) is 0 Å². The van der Waals surface area contributed by atoms with E-state index in [1.165, 1.54) is 0 Å². The Hall–Kier alpha value is -0.950. The Labute approximate surface area is 118 Å². The molecule has 0 aromatic heterocycles. The number of hydrogen-bond acceptors (Lipinski definition) is 4. The average Bonchev–Trinajstić information content (AvgIpc) is 2.37. The van der Waals surface area contributed by atoms with Crippen LogP contribution in [-0.2, 0) is 4.79 Å². The maximum Gasteiger partial charge on any atom is 0.326 e. The van der Waals surface area contributed by atoms with E-state index in [0.29, 0.717) is 12.2 Å². The third kappa shape index (κ3) is 6.15. The number of nitrogens with zero attached hydrogens (tertiary/aromatic N) is 1. The molecule has 1 heterocycles. The Kier molecular flexibility index (Phi) is 7.01. The molecule has 19 heavy (non-hydrogen) atoms. The molecular formula is C12H23N3O3S. The zero-order chi connectivity index (χ0) is 14.3. The predicted molar refractivity (Wildman–Crippen MR) is 76.6 cm³/mol. The van der Waals surface area contributed by atoms with Gasteiger partial charge in [-0.2, -0.15) is 11.8 Å². The predicted octanol–water partition coefficient (Wildman–Crippen LogP) is 0.586. The van der Waals surface area contributed by atoms with Crippen molar-refractivity contribution < 1.29 is 14.7 Å². The molecule has 0 aliphatic carbocycles. The molecule has 110 valence electrons. The summed E-state index contributed by atoms with van der Waals surface area (Å²) in [5.74, 6) is -0.265. The Morgan fingerprint density at radius 1 is 1.42 bits per heavy atom. The number of likely N-dealkylation sites (tertiary alicyclic amines) is 1. The first-order chi connectivity index (χ1) is 9.02. The Balaban J connectivity index is 2.33. The van der Waals surface area contributed by atoms with E-state index >= 15 is 0 Å². The minimum absolute atomic E-state index is 0.145. The van der Waals surface area contributed by atoms with Crippen molar-refractivity contribution in [2.45, 2.75) is 31.3 Å². The molecule has 1 aliphatic heterocycles. The van der Waals surface area contributed by atoms with Crippen LogP contribution >= 0.6 is 11.8 Å². The minimum atomic E-state index is -0.979. The van der Waals surface area contributed by atoms with Gasteiger partial charge in [0.1, 0.15) is 6.04 Å². The van der Waals surface area contributed by atoms with Crippen LogP contribution in [0.3, 0.4) is 0 Å². The summed E-state index contributed by atoms with van der Waals surface area (Å²) in [5, 5.41) is 14.4. The number of carboxylic acid groups (broad SMARTS) is 1. The number of rotatable bonds is 6. The van der Waals surface area contributed by atoms with Crippen molar-refractivity contribution >= 4 is 23.8 Å². The number of carbonyl (C=O) groups excluding carboxylic acids is 1. The van der Waals surface area contributed by atoms with Crippen molar-refractivity contribution in [3.8, 4) is 0 Å². The molecule has 0 unspecified atom stereocenters. The molecule has 0 spiro atoms. The van der Waals surface area contributed by atoms with Gasteiger partial charge in [-0.15, -0.1) is 0 Å². The fourth-order valence-electron chi connectivity index (χ4n) is 2.03. The summed E-state index contributed by atoms with van der Waals surface area (Å²) >= 11 is 1.57. The van der Waals surface area contributed by atoms with Crippen LogP contribution in [0.2, 0.25) is 0 Å². The maximum atomic E-state index is 11.8. The molecule has 7 heteroatoms. The lowest BCUT2D eigenvalue weighted by atomic mass is 10.1. The van der Waals surface area contributed by atoms with Crippen LogP contribution in [0.25, 0.3) is 0 Å². The van der Waals surface area contributed by atoms with E-state index in [2.05, 4.69) is 22.6 Å². The first kappa shape index (κ1) is 16.1. The number of nitrogens with one attached hydrogen (secondary N) is 2. The lowest BCUT2D eigenvalue weighted by Gasteiger charge is -2.29. The van der Waals surface area contributed by atoms with Gasteiger partial charge in [-0.1, -0.05) is 0 Å². The summed E-state index contributed by atoms with van der Waals surface area (Å²) < 4.78 is 0. The largest absolute Gasteiger partial charge is 0.480 e. The van der Waals surface area contributed by atoms with Crippen LogP contribution in [0.1, 0.15) is 19.3 Å². The van der Waals surface area contributed by atoms with Crippen LogP contribution in [0.15, 0.2) is 0 Å². The van der Waals surface area contributed by atoms with E-state index in [1.54, 1.807) is 11.8 Å². The highest BCUT2D eigenvalue weighted by Crippen LogP contribution is 2.08. The summed E-state index contributed by atoms with van der Waals surface area (Å²) in [6.45, 7) is 1.92. The molecule has 2 amide bonds. The van der Waals surface area contributed by atoms with Crippen molar-refractivity contribution in [1.82, 2.24) is 15.5 Å². The SMILES string of the molecule is CSCC[C@H](NC(=O)NC1CCN(C)CC1)C(=O)O. The van der Waals surface area contributed by atoms with E-state index < -0.39 is 12.0 Å². The van der Waals surface area contributed by atoms with Gasteiger partial charge in [0, 0.05) is 6.04 Å². The van der Waals surface area contributed by atoms with Gasteiger partial charge in [0.15, 0.2) is 0 Å². The highest BCUT2D eigenvalue weighted by molar-refractivity contribution is 7.98. The van der Waals surface area contributed by atoms with E-state index in [4.69, 9.17) is 5.11 Å². The molecule has 1 atom stereocenters. The molecule has 0 aromatic rings. The lowest BCUT2D eigenvalue weighted by molar-refractivity contribution is -0.139. The number of carboxylic acids is 1. The van der Waals surface area contributed by atoms with Gasteiger partial charge in [0.05, 0.1) is 0 Å². The molecule has 1 saturated heterocycles. The number of piperidine rings is 1. The fraction of sp³-hybridized carbons (Fsp3) is 0.833. The van der Waals surface area contributed by atoms with Crippen LogP contribution in [0, 0.1) is 0 Å². The summed E-state index contributed by atoms with van der Waals surface area (Å²) in [6, 6.07) is -1.03. The summed E-state index contributed by atoms with van der Waals surface area (Å²) in [5.41, 5.74) is 0. The zero-order valence-electron chi connectivity index (χ0n) is 11.5. The summed E-state index contributed by atoms with van der Waals surface area (Å²) in [7, 11) is 2.05. The first-order valence-corrected chi connectivity index (χ1v) is 7.89. The molecule has 1 fully saturated rings. The van der Waals surface area contributed by atoms with Crippen molar-refractivity contribution in [3.63, 3.8) is 0 Å². The Morgan fingerprint density at radius 2 is 2.05 bits per heavy atom. The standard InChI is InChI=1S/C12H23N3O3S/c1-15-6-3-9(4-7-15)13-12(18)14-10(11(16)17)5-8-19-2/h9-10H,3-8H2,1-2H3,(H,16,17)(H2,13,14,18)/t10-/m0/s1. The van der Waals surface area contributed by atoms with E-state index in [-0.39, 0.29) is 12.1 Å². The van der Waals surface area contributed by atoms with Crippen LogP contribution < -0.4 is 10.6 Å². The van der Waals surface area contributed by atoms with Crippen molar-refractivity contribution in [3.05, 3.63) is 0 Å². The van der Waals surface area contributed by atoms with Gasteiger partial charge in [0.25, 0.3) is 0 Å². The van der Waals surface area contributed by atoms with Gasteiger partial charge >= 0.3 is 12.0 Å². The van der Waals surface area contributed by atoms with Gasteiger partial charge in [-0.25, -0.2) is 9.59 Å². The molecule has 1 aliphatic rings. The van der Waals surface area contributed by atoms with Gasteiger partial charge in [0.2, 0.25) is 0 Å². The molecule has 3 N–H and O–H groups in total. The topological polar surface area (TPSA) is 81.7 Å². The number of hydrogen-bond donors (Lipinski definition) is 3. The molecule has 0 bridgehead atoms. The van der Waals surface area contributed by atoms with Gasteiger partial charge < -0.3 is 20.6 Å². The minimum Gasteiger partial charge on any atom is -0.480 e. The van der Waals surface area contributed by atoms with Crippen molar-refractivity contribution in [2.24, 2.45) is 0 Å². The second kappa shape index (κ2) is 8.27. The van der Waals surface area contributed by atoms with E-state index in [9.17, 15) is 9.59 Å². The van der Waals surface area contributed by atoms with E-state index in [1.807, 2.05) is 6.26 Å². The third-order valence-electron chi connectivity index (χ3n) is 3.27. The molecule has 1 rings (SSSR count). The van der Waals surface area contributed by atoms with Crippen molar-refractivity contribution in [2.75, 3.05) is 32.1 Å². The zero-order valence-corrected chi connectivity index (χ0v) is 12.3. The fourth-order valence-corrected chi connectivity index (χ4v) is 2.50. The molecule has 0 aromatic carbocycles.